The zero-order valence-corrected chi connectivity index (χ0v) is 16.4. The predicted octanol–water partition coefficient (Wildman–Crippen LogP) is 6.06. The Morgan fingerprint density at radius 1 is 1.12 bits per heavy atom. The first-order valence-corrected chi connectivity index (χ1v) is 9.86. The van der Waals surface area contributed by atoms with E-state index in [1.165, 1.54) is 44.2 Å². The monoisotopic (exact) mass is 378 g/mol. The highest BCUT2D eigenvalue weighted by Gasteiger charge is 2.20. The standard InChI is InChI=1S/C21H27FO3S/c1-3-4-5-6-7-8-9-10-11-15-20(23)19-17(25-21(15)24)13-12-16(22)18(19)14(2)26/h12-13,23H,3-11H2,1-2H3. The highest BCUT2D eigenvalue weighted by atomic mass is 32.1. The molecule has 0 aliphatic carbocycles. The van der Waals surface area contributed by atoms with Crippen LogP contribution in [0.4, 0.5) is 4.39 Å². The van der Waals surface area contributed by atoms with Gasteiger partial charge in [0, 0.05) is 10.4 Å². The van der Waals surface area contributed by atoms with Gasteiger partial charge in [0.15, 0.2) is 0 Å². The van der Waals surface area contributed by atoms with Gasteiger partial charge < -0.3 is 9.52 Å². The van der Waals surface area contributed by atoms with Gasteiger partial charge in [-0.15, -0.1) is 0 Å². The van der Waals surface area contributed by atoms with E-state index in [1.54, 1.807) is 6.92 Å². The van der Waals surface area contributed by atoms with E-state index in [0.29, 0.717) is 11.3 Å². The summed E-state index contributed by atoms with van der Waals surface area (Å²) < 4.78 is 19.4. The first-order valence-electron chi connectivity index (χ1n) is 9.45. The van der Waals surface area contributed by atoms with Crippen molar-refractivity contribution in [1.82, 2.24) is 0 Å². The van der Waals surface area contributed by atoms with Crippen LogP contribution in [0.25, 0.3) is 11.0 Å². The first-order chi connectivity index (χ1) is 12.5. The topological polar surface area (TPSA) is 50.4 Å². The van der Waals surface area contributed by atoms with E-state index in [9.17, 15) is 14.3 Å². The Kier molecular flexibility index (Phi) is 7.76. The Hall–Kier alpha value is -1.75. The Morgan fingerprint density at radius 3 is 2.35 bits per heavy atom. The third-order valence-corrected chi connectivity index (χ3v) is 4.92. The number of rotatable bonds is 10. The van der Waals surface area contributed by atoms with Crippen molar-refractivity contribution in [2.75, 3.05) is 0 Å². The molecule has 0 aliphatic rings. The lowest BCUT2D eigenvalue weighted by Gasteiger charge is -2.11. The Morgan fingerprint density at radius 2 is 1.73 bits per heavy atom. The number of thiocarbonyl (C=S) groups is 1. The van der Waals surface area contributed by atoms with Gasteiger partial charge in [-0.2, -0.15) is 0 Å². The average molecular weight is 379 g/mol. The van der Waals surface area contributed by atoms with Gasteiger partial charge in [0.05, 0.1) is 10.9 Å². The van der Waals surface area contributed by atoms with E-state index in [2.05, 4.69) is 6.92 Å². The summed E-state index contributed by atoms with van der Waals surface area (Å²) in [6, 6.07) is 2.56. The highest BCUT2D eigenvalue weighted by Crippen LogP contribution is 2.32. The first kappa shape index (κ1) is 20.6. The summed E-state index contributed by atoms with van der Waals surface area (Å²) in [6.07, 6.45) is 9.55. The molecule has 26 heavy (non-hydrogen) atoms. The van der Waals surface area contributed by atoms with Crippen molar-refractivity contribution in [2.45, 2.75) is 71.6 Å². The Labute approximate surface area is 159 Å². The molecule has 0 saturated heterocycles. The summed E-state index contributed by atoms with van der Waals surface area (Å²) in [4.78, 5) is 12.5. The van der Waals surface area contributed by atoms with Crippen molar-refractivity contribution >= 4 is 28.1 Å². The molecule has 1 aromatic heterocycles. The second-order valence-corrected chi connectivity index (χ2v) is 7.41. The van der Waals surface area contributed by atoms with Gasteiger partial charge in [0.2, 0.25) is 0 Å². The number of halogens is 1. The van der Waals surface area contributed by atoms with E-state index in [1.807, 2.05) is 0 Å². The Balaban J connectivity index is 2.12. The average Bonchev–Trinajstić information content (AvgIpc) is 2.59. The Bertz CT molecular complexity index is 826. The maximum absolute atomic E-state index is 14.1. The van der Waals surface area contributed by atoms with Crippen molar-refractivity contribution in [3.63, 3.8) is 0 Å². The summed E-state index contributed by atoms with van der Waals surface area (Å²) in [7, 11) is 0. The molecule has 1 aromatic carbocycles. The number of benzene rings is 1. The highest BCUT2D eigenvalue weighted by molar-refractivity contribution is 7.80. The third kappa shape index (κ3) is 4.91. The van der Waals surface area contributed by atoms with Crippen molar-refractivity contribution in [2.24, 2.45) is 0 Å². The molecule has 5 heteroatoms. The molecule has 0 spiro atoms. The van der Waals surface area contributed by atoms with Crippen LogP contribution in [0.3, 0.4) is 0 Å². The van der Waals surface area contributed by atoms with E-state index < -0.39 is 11.4 Å². The van der Waals surface area contributed by atoms with Crippen molar-refractivity contribution < 1.29 is 13.9 Å². The fourth-order valence-electron chi connectivity index (χ4n) is 3.29. The maximum atomic E-state index is 14.1. The van der Waals surface area contributed by atoms with Gasteiger partial charge in [-0.25, -0.2) is 9.18 Å². The van der Waals surface area contributed by atoms with Gasteiger partial charge in [-0.3, -0.25) is 0 Å². The predicted molar refractivity (Wildman–Crippen MR) is 108 cm³/mol. The van der Waals surface area contributed by atoms with E-state index in [-0.39, 0.29) is 27.8 Å². The number of aromatic hydroxyl groups is 1. The number of hydrogen-bond acceptors (Lipinski definition) is 4. The molecule has 0 bridgehead atoms. The lowest BCUT2D eigenvalue weighted by Crippen LogP contribution is -2.10. The fraction of sp³-hybridized carbons (Fsp3) is 0.524. The number of fused-ring (bicyclic) bond motifs is 1. The lowest BCUT2D eigenvalue weighted by molar-refractivity contribution is 0.452. The van der Waals surface area contributed by atoms with Crippen LogP contribution in [-0.2, 0) is 6.42 Å². The second-order valence-electron chi connectivity index (χ2n) is 6.79. The minimum Gasteiger partial charge on any atom is -0.507 e. The molecule has 0 radical (unpaired) electrons. The lowest BCUT2D eigenvalue weighted by atomic mass is 10.00. The van der Waals surface area contributed by atoms with Gasteiger partial charge in [0.25, 0.3) is 0 Å². The van der Waals surface area contributed by atoms with Gasteiger partial charge in [0.1, 0.15) is 17.1 Å². The van der Waals surface area contributed by atoms with Crippen LogP contribution in [0.15, 0.2) is 21.3 Å². The molecule has 0 aliphatic heterocycles. The fourth-order valence-corrected chi connectivity index (χ4v) is 3.49. The molecule has 2 rings (SSSR count). The smallest absolute Gasteiger partial charge is 0.343 e. The molecule has 0 unspecified atom stereocenters. The summed E-state index contributed by atoms with van der Waals surface area (Å²) in [5, 5.41) is 10.8. The van der Waals surface area contributed by atoms with Crippen LogP contribution in [-0.4, -0.2) is 9.97 Å². The van der Waals surface area contributed by atoms with Crippen LogP contribution in [0.1, 0.15) is 76.3 Å². The maximum Gasteiger partial charge on any atom is 0.343 e. The van der Waals surface area contributed by atoms with Crippen molar-refractivity contribution in [3.8, 4) is 5.75 Å². The van der Waals surface area contributed by atoms with Gasteiger partial charge in [-0.1, -0.05) is 64.1 Å². The molecular formula is C21H27FO3S. The minimum atomic E-state index is -0.558. The van der Waals surface area contributed by atoms with Crippen LogP contribution < -0.4 is 5.63 Å². The quantitative estimate of drug-likeness (QED) is 0.236. The molecular weight excluding hydrogens is 351 g/mol. The summed E-state index contributed by atoms with van der Waals surface area (Å²) in [5.74, 6) is -0.718. The zero-order valence-electron chi connectivity index (χ0n) is 15.6. The third-order valence-electron chi connectivity index (χ3n) is 4.72. The van der Waals surface area contributed by atoms with Gasteiger partial charge in [-0.05, 0) is 31.9 Å². The van der Waals surface area contributed by atoms with Crippen LogP contribution >= 0.6 is 12.2 Å². The van der Waals surface area contributed by atoms with E-state index in [0.717, 1.165) is 19.3 Å². The molecule has 1 heterocycles. The number of unbranched alkanes of at least 4 members (excludes halogenated alkanes) is 7. The van der Waals surface area contributed by atoms with Crippen LogP contribution in [0, 0.1) is 5.82 Å². The van der Waals surface area contributed by atoms with Gasteiger partial charge >= 0.3 is 5.63 Å². The zero-order chi connectivity index (χ0) is 19.1. The van der Waals surface area contributed by atoms with Crippen molar-refractivity contribution in [3.05, 3.63) is 39.5 Å². The molecule has 0 saturated carbocycles. The summed E-state index contributed by atoms with van der Waals surface area (Å²) in [5.41, 5.74) is -0.0483. The molecule has 0 atom stereocenters. The molecule has 0 amide bonds. The van der Waals surface area contributed by atoms with Crippen LogP contribution in [0.5, 0.6) is 5.75 Å². The molecule has 142 valence electrons. The minimum absolute atomic E-state index is 0.135. The molecule has 1 N–H and O–H groups in total. The summed E-state index contributed by atoms with van der Waals surface area (Å²) >= 11 is 5.11. The summed E-state index contributed by atoms with van der Waals surface area (Å²) in [6.45, 7) is 3.79. The normalized spacial score (nSPS) is 11.2. The van der Waals surface area contributed by atoms with E-state index >= 15 is 0 Å². The molecule has 3 nitrogen and oxygen atoms in total. The van der Waals surface area contributed by atoms with E-state index in [4.69, 9.17) is 16.6 Å². The molecule has 0 fully saturated rings. The SMILES string of the molecule is CCCCCCCCCCc1c(O)c2c(C(C)=S)c(F)ccc2oc1=O. The van der Waals surface area contributed by atoms with Crippen LogP contribution in [0.2, 0.25) is 0 Å². The second kappa shape index (κ2) is 9.81. The van der Waals surface area contributed by atoms with Crippen molar-refractivity contribution in [1.29, 1.82) is 0 Å². The molecule has 2 aromatic rings. The largest absolute Gasteiger partial charge is 0.507 e. The number of hydrogen-bond donors (Lipinski definition) is 1.